The van der Waals surface area contributed by atoms with Crippen LogP contribution in [0.15, 0.2) is 23.1 Å². The summed E-state index contributed by atoms with van der Waals surface area (Å²) in [6, 6.07) is 2.76. The summed E-state index contributed by atoms with van der Waals surface area (Å²) >= 11 is 11.9. The number of benzene rings is 1. The van der Waals surface area contributed by atoms with Crippen LogP contribution in [0.4, 0.5) is 0 Å². The SMILES string of the molecule is Cl.O=C(O)C1C2CCC(C2)[C@@H]1NC(=O)[C@@H]1CCCN1S(=O)(=O)c1cc(Cl)cc(Cl)c1. The van der Waals surface area contributed by atoms with E-state index in [1.54, 1.807) is 0 Å². The Kier molecular flexibility index (Phi) is 6.94. The van der Waals surface area contributed by atoms with Crippen LogP contribution < -0.4 is 5.32 Å². The molecule has 30 heavy (non-hydrogen) atoms. The molecule has 166 valence electrons. The van der Waals surface area contributed by atoms with Crippen LogP contribution >= 0.6 is 35.6 Å². The van der Waals surface area contributed by atoms with Gasteiger partial charge in [0, 0.05) is 22.6 Å². The van der Waals surface area contributed by atoms with E-state index in [2.05, 4.69) is 5.32 Å². The molecule has 4 rings (SSSR count). The third-order valence-corrected chi connectivity index (χ3v) is 8.78. The Balaban J connectivity index is 0.00000256. The first-order valence-electron chi connectivity index (χ1n) is 9.69. The number of fused-ring (bicyclic) bond motifs is 2. The lowest BCUT2D eigenvalue weighted by Crippen LogP contribution is -2.53. The van der Waals surface area contributed by atoms with Gasteiger partial charge in [0.25, 0.3) is 0 Å². The maximum atomic E-state index is 13.1. The van der Waals surface area contributed by atoms with Crippen molar-refractivity contribution in [1.82, 2.24) is 9.62 Å². The van der Waals surface area contributed by atoms with Crippen LogP contribution in [0.3, 0.4) is 0 Å². The Morgan fingerprint density at radius 2 is 1.70 bits per heavy atom. The Hall–Kier alpha value is -1.06. The van der Waals surface area contributed by atoms with Gasteiger partial charge in [-0.1, -0.05) is 23.2 Å². The fourth-order valence-electron chi connectivity index (χ4n) is 5.22. The van der Waals surface area contributed by atoms with Crippen LogP contribution in [-0.4, -0.2) is 48.3 Å². The lowest BCUT2D eigenvalue weighted by Gasteiger charge is -2.31. The third-order valence-electron chi connectivity index (χ3n) is 6.46. The second kappa shape index (κ2) is 8.82. The average molecular weight is 498 g/mol. The number of aliphatic carboxylic acids is 1. The molecule has 3 unspecified atom stereocenters. The second-order valence-corrected chi connectivity index (χ2v) is 10.9. The largest absolute Gasteiger partial charge is 0.481 e. The molecule has 0 aromatic heterocycles. The molecular formula is C19H23Cl3N2O5S. The quantitative estimate of drug-likeness (QED) is 0.650. The number of nitrogens with one attached hydrogen (secondary N) is 1. The normalized spacial score (nSPS) is 30.8. The van der Waals surface area contributed by atoms with Crippen LogP contribution in [0.5, 0.6) is 0 Å². The number of carboxylic acid groups (broad SMARTS) is 1. The van der Waals surface area contributed by atoms with Crippen LogP contribution in [0.2, 0.25) is 10.0 Å². The minimum absolute atomic E-state index is 0. The molecule has 5 atom stereocenters. The van der Waals surface area contributed by atoms with Gasteiger partial charge >= 0.3 is 5.97 Å². The molecule has 7 nitrogen and oxygen atoms in total. The molecule has 1 aromatic rings. The number of hydrogen-bond donors (Lipinski definition) is 2. The number of halogens is 3. The smallest absolute Gasteiger partial charge is 0.308 e. The van der Waals surface area contributed by atoms with Gasteiger partial charge in [0.05, 0.1) is 10.8 Å². The summed E-state index contributed by atoms with van der Waals surface area (Å²) in [6.45, 7) is 0.212. The summed E-state index contributed by atoms with van der Waals surface area (Å²) in [7, 11) is -3.96. The Labute approximate surface area is 191 Å². The molecule has 1 amide bonds. The highest BCUT2D eigenvalue weighted by Gasteiger charge is 2.52. The van der Waals surface area contributed by atoms with Gasteiger partial charge in [-0.25, -0.2) is 8.42 Å². The van der Waals surface area contributed by atoms with Crippen molar-refractivity contribution < 1.29 is 23.1 Å². The van der Waals surface area contributed by atoms with Gasteiger partial charge < -0.3 is 10.4 Å². The molecule has 11 heteroatoms. The molecular weight excluding hydrogens is 475 g/mol. The van der Waals surface area contributed by atoms with E-state index in [0.717, 1.165) is 19.3 Å². The fraction of sp³-hybridized carbons (Fsp3) is 0.579. The summed E-state index contributed by atoms with van der Waals surface area (Å²) in [5.74, 6) is -1.70. The van der Waals surface area contributed by atoms with Crippen LogP contribution in [0.1, 0.15) is 32.1 Å². The zero-order valence-electron chi connectivity index (χ0n) is 16.0. The average Bonchev–Trinajstić information content (AvgIpc) is 3.36. The number of sulfonamides is 1. The first-order valence-corrected chi connectivity index (χ1v) is 11.9. The Bertz CT molecular complexity index is 937. The maximum absolute atomic E-state index is 13.1. The summed E-state index contributed by atoms with van der Waals surface area (Å²) in [5, 5.41) is 12.9. The number of carboxylic acids is 1. The molecule has 2 N–H and O–H groups in total. The predicted octanol–water partition coefficient (Wildman–Crippen LogP) is 3.18. The van der Waals surface area contributed by atoms with E-state index in [1.165, 1.54) is 22.5 Å². The first kappa shape index (κ1) is 23.6. The first-order chi connectivity index (χ1) is 13.7. The van der Waals surface area contributed by atoms with E-state index in [4.69, 9.17) is 23.2 Å². The number of hydrogen-bond acceptors (Lipinski definition) is 4. The minimum atomic E-state index is -3.96. The maximum Gasteiger partial charge on any atom is 0.308 e. The van der Waals surface area contributed by atoms with E-state index in [0.29, 0.717) is 12.8 Å². The highest BCUT2D eigenvalue weighted by atomic mass is 35.5. The molecule has 0 radical (unpaired) electrons. The van der Waals surface area contributed by atoms with Crippen LogP contribution in [-0.2, 0) is 19.6 Å². The second-order valence-electron chi connectivity index (χ2n) is 8.11. The molecule has 3 fully saturated rings. The number of rotatable bonds is 5. The zero-order chi connectivity index (χ0) is 20.9. The molecule has 0 spiro atoms. The van der Waals surface area contributed by atoms with E-state index in [9.17, 15) is 23.1 Å². The minimum Gasteiger partial charge on any atom is -0.481 e. The van der Waals surface area contributed by atoms with E-state index >= 15 is 0 Å². The third kappa shape index (κ3) is 4.17. The summed E-state index contributed by atoms with van der Waals surface area (Å²) < 4.78 is 27.4. The summed E-state index contributed by atoms with van der Waals surface area (Å²) in [6.07, 6.45) is 3.50. The van der Waals surface area contributed by atoms with Crippen molar-refractivity contribution >= 4 is 57.5 Å². The molecule has 2 aliphatic carbocycles. The molecule has 2 saturated carbocycles. The van der Waals surface area contributed by atoms with Crippen molar-refractivity contribution in [2.45, 2.75) is 49.1 Å². The van der Waals surface area contributed by atoms with Gasteiger partial charge in [-0.3, -0.25) is 9.59 Å². The van der Waals surface area contributed by atoms with Crippen molar-refractivity contribution in [2.24, 2.45) is 17.8 Å². The Morgan fingerprint density at radius 3 is 2.33 bits per heavy atom. The molecule has 2 bridgehead atoms. The monoisotopic (exact) mass is 496 g/mol. The number of amides is 1. The van der Waals surface area contributed by atoms with Gasteiger partial charge in [-0.15, -0.1) is 12.4 Å². The summed E-state index contributed by atoms with van der Waals surface area (Å²) in [4.78, 5) is 24.6. The topological polar surface area (TPSA) is 104 Å². The standard InChI is InChI=1S/C19H22Cl2N2O5S.ClH/c20-12-7-13(21)9-14(8-12)29(27,28)23-5-1-2-15(23)18(24)22-17-11-4-3-10(6-11)16(17)19(25)26;/h7-11,15-17H,1-6H2,(H,22,24)(H,25,26);1H/t10?,11?,15-,16?,17-;/m0./s1. The van der Waals surface area contributed by atoms with Crippen LogP contribution in [0, 0.1) is 17.8 Å². The predicted molar refractivity (Wildman–Crippen MR) is 115 cm³/mol. The molecule has 1 aliphatic heterocycles. The summed E-state index contributed by atoms with van der Waals surface area (Å²) in [5.41, 5.74) is 0. The fourth-order valence-corrected chi connectivity index (χ4v) is 7.60. The Morgan fingerprint density at radius 1 is 1.07 bits per heavy atom. The number of carbonyl (C=O) groups excluding carboxylic acids is 1. The van der Waals surface area contributed by atoms with Gasteiger partial charge in [0.15, 0.2) is 0 Å². The molecule has 1 heterocycles. The lowest BCUT2D eigenvalue weighted by molar-refractivity contribution is -0.144. The zero-order valence-corrected chi connectivity index (χ0v) is 19.1. The molecule has 1 aromatic carbocycles. The van der Waals surface area contributed by atoms with Crippen molar-refractivity contribution in [3.05, 3.63) is 28.2 Å². The highest BCUT2D eigenvalue weighted by molar-refractivity contribution is 7.89. The van der Waals surface area contributed by atoms with Crippen molar-refractivity contribution in [2.75, 3.05) is 6.54 Å². The number of nitrogens with zero attached hydrogens (tertiary/aromatic N) is 1. The van der Waals surface area contributed by atoms with Crippen molar-refractivity contribution in [3.63, 3.8) is 0 Å². The van der Waals surface area contributed by atoms with Gasteiger partial charge in [-0.2, -0.15) is 4.31 Å². The van der Waals surface area contributed by atoms with Crippen LogP contribution in [0.25, 0.3) is 0 Å². The van der Waals surface area contributed by atoms with Crippen molar-refractivity contribution in [3.8, 4) is 0 Å². The van der Waals surface area contributed by atoms with E-state index in [1.807, 2.05) is 0 Å². The van der Waals surface area contributed by atoms with E-state index in [-0.39, 0.29) is 45.7 Å². The van der Waals surface area contributed by atoms with Gasteiger partial charge in [0.1, 0.15) is 6.04 Å². The van der Waals surface area contributed by atoms with Crippen molar-refractivity contribution in [1.29, 1.82) is 0 Å². The van der Waals surface area contributed by atoms with Gasteiger partial charge in [-0.05, 0) is 62.1 Å². The number of carbonyl (C=O) groups is 2. The van der Waals surface area contributed by atoms with E-state index < -0.39 is 39.9 Å². The molecule has 3 aliphatic rings. The van der Waals surface area contributed by atoms with Gasteiger partial charge in [0.2, 0.25) is 15.9 Å². The molecule has 1 saturated heterocycles. The lowest BCUT2D eigenvalue weighted by atomic mass is 9.84. The highest BCUT2D eigenvalue weighted by Crippen LogP contribution is 2.48.